The minimum Gasteiger partial charge on any atom is -0.404 e. The second-order valence-corrected chi connectivity index (χ2v) is 5.32. The Labute approximate surface area is 124 Å². The van der Waals surface area contributed by atoms with Gasteiger partial charge in [0.1, 0.15) is 0 Å². The summed E-state index contributed by atoms with van der Waals surface area (Å²) in [6.45, 7) is 4.76. The fourth-order valence-electron chi connectivity index (χ4n) is 2.28. The summed E-state index contributed by atoms with van der Waals surface area (Å²) in [5.41, 5.74) is 9.80. The number of hydrogen-bond donors (Lipinski definition) is 2. The molecule has 110 valence electrons. The van der Waals surface area contributed by atoms with Gasteiger partial charge in [0.25, 0.3) is 0 Å². The Morgan fingerprint density at radius 1 is 1.24 bits per heavy atom. The summed E-state index contributed by atoms with van der Waals surface area (Å²) in [5, 5.41) is 3.04. The van der Waals surface area contributed by atoms with Gasteiger partial charge in [0.2, 0.25) is 5.78 Å². The summed E-state index contributed by atoms with van der Waals surface area (Å²) in [6.07, 6.45) is 3.48. The highest BCUT2D eigenvalue weighted by Crippen LogP contribution is 2.15. The van der Waals surface area contributed by atoms with Crippen molar-refractivity contribution in [2.75, 3.05) is 6.54 Å². The topological polar surface area (TPSA) is 72.2 Å². The van der Waals surface area contributed by atoms with Crippen LogP contribution in [0.3, 0.4) is 0 Å². The first kappa shape index (κ1) is 15.0. The lowest BCUT2D eigenvalue weighted by Crippen LogP contribution is -2.29. The van der Waals surface area contributed by atoms with Crippen molar-refractivity contribution >= 4 is 11.6 Å². The zero-order valence-electron chi connectivity index (χ0n) is 12.4. The van der Waals surface area contributed by atoms with Gasteiger partial charge in [-0.15, -0.1) is 0 Å². The van der Waals surface area contributed by atoms with E-state index in [4.69, 9.17) is 5.73 Å². The maximum atomic E-state index is 12.0. The molecule has 0 saturated heterocycles. The average Bonchev–Trinajstić information content (AvgIpc) is 2.46. The third-order valence-electron chi connectivity index (χ3n) is 3.71. The number of Topliss-reactive ketones (excluding diaryl/α,β-unsaturated/α-hetero) is 1. The van der Waals surface area contributed by atoms with E-state index in [0.29, 0.717) is 17.8 Å². The van der Waals surface area contributed by atoms with Crippen LogP contribution in [0.15, 0.2) is 41.7 Å². The summed E-state index contributed by atoms with van der Waals surface area (Å²) in [4.78, 5) is 23.6. The average molecular weight is 284 g/mol. The molecule has 0 aliphatic heterocycles. The summed E-state index contributed by atoms with van der Waals surface area (Å²) in [7, 11) is 0. The van der Waals surface area contributed by atoms with Crippen molar-refractivity contribution in [2.45, 2.75) is 26.7 Å². The van der Waals surface area contributed by atoms with Crippen LogP contribution in [0.5, 0.6) is 0 Å². The maximum Gasteiger partial charge on any atom is 0.206 e. The number of nitrogens with one attached hydrogen (secondary N) is 1. The van der Waals surface area contributed by atoms with Crippen molar-refractivity contribution in [3.05, 3.63) is 58.4 Å². The molecule has 0 aromatic heterocycles. The monoisotopic (exact) mass is 284 g/mol. The number of ketones is 2. The quantitative estimate of drug-likeness (QED) is 0.826. The molecule has 1 aliphatic rings. The number of rotatable bonds is 4. The van der Waals surface area contributed by atoms with E-state index in [-0.39, 0.29) is 18.0 Å². The van der Waals surface area contributed by atoms with E-state index in [1.165, 1.54) is 29.0 Å². The second-order valence-electron chi connectivity index (χ2n) is 5.32. The molecule has 0 bridgehead atoms. The normalized spacial score (nSPS) is 17.0. The summed E-state index contributed by atoms with van der Waals surface area (Å²) >= 11 is 0. The first-order valence-corrected chi connectivity index (χ1v) is 7.01. The highest BCUT2D eigenvalue weighted by atomic mass is 16.1. The molecule has 0 radical (unpaired) electrons. The smallest absolute Gasteiger partial charge is 0.206 e. The minimum atomic E-state index is -0.183. The van der Waals surface area contributed by atoms with E-state index in [1.54, 1.807) is 0 Å². The van der Waals surface area contributed by atoms with E-state index in [2.05, 4.69) is 37.4 Å². The standard InChI is InChI=1S/C17H20N2O2/c1-11-3-4-13(7-12(11)2)5-6-19-16-9-15(20)8-14(10-18)17(16)21/h3-4,7,9-10,19H,5-6,8,18H2,1-2H3/b14-10+. The molecular weight excluding hydrogens is 264 g/mol. The summed E-state index contributed by atoms with van der Waals surface area (Å²) in [6, 6.07) is 6.32. The lowest BCUT2D eigenvalue weighted by molar-refractivity contribution is -0.118. The summed E-state index contributed by atoms with van der Waals surface area (Å²) in [5.74, 6) is -0.280. The molecule has 0 heterocycles. The molecule has 0 saturated carbocycles. The van der Waals surface area contributed by atoms with Gasteiger partial charge in [-0.1, -0.05) is 18.2 Å². The van der Waals surface area contributed by atoms with Gasteiger partial charge < -0.3 is 11.1 Å². The van der Waals surface area contributed by atoms with E-state index in [1.807, 2.05) is 0 Å². The van der Waals surface area contributed by atoms with Crippen LogP contribution in [-0.2, 0) is 16.0 Å². The molecule has 0 spiro atoms. The number of carbonyl (C=O) groups is 2. The van der Waals surface area contributed by atoms with Gasteiger partial charge in [-0.3, -0.25) is 9.59 Å². The van der Waals surface area contributed by atoms with E-state index >= 15 is 0 Å². The van der Waals surface area contributed by atoms with E-state index in [0.717, 1.165) is 6.42 Å². The van der Waals surface area contributed by atoms with E-state index < -0.39 is 0 Å². The van der Waals surface area contributed by atoms with Gasteiger partial charge in [-0.2, -0.15) is 0 Å². The van der Waals surface area contributed by atoms with Gasteiger partial charge in [-0.05, 0) is 37.0 Å². The molecule has 4 heteroatoms. The Morgan fingerprint density at radius 2 is 2.00 bits per heavy atom. The number of aryl methyl sites for hydroxylation is 2. The van der Waals surface area contributed by atoms with Gasteiger partial charge in [0, 0.05) is 30.8 Å². The third-order valence-corrected chi connectivity index (χ3v) is 3.71. The largest absolute Gasteiger partial charge is 0.404 e. The minimum absolute atomic E-state index is 0.0949. The van der Waals surface area contributed by atoms with Crippen LogP contribution in [0.4, 0.5) is 0 Å². The van der Waals surface area contributed by atoms with Crippen molar-refractivity contribution in [3.63, 3.8) is 0 Å². The molecule has 1 aromatic carbocycles. The first-order valence-electron chi connectivity index (χ1n) is 7.01. The van der Waals surface area contributed by atoms with Crippen LogP contribution in [-0.4, -0.2) is 18.1 Å². The number of hydrogen-bond acceptors (Lipinski definition) is 4. The van der Waals surface area contributed by atoms with Crippen LogP contribution in [0.25, 0.3) is 0 Å². The van der Waals surface area contributed by atoms with Crippen molar-refractivity contribution in [3.8, 4) is 0 Å². The maximum absolute atomic E-state index is 12.0. The molecule has 0 amide bonds. The highest BCUT2D eigenvalue weighted by Gasteiger charge is 2.22. The van der Waals surface area contributed by atoms with Crippen LogP contribution in [0.2, 0.25) is 0 Å². The molecule has 0 fully saturated rings. The predicted octanol–water partition coefficient (Wildman–Crippen LogP) is 1.70. The first-order chi connectivity index (χ1) is 10.0. The van der Waals surface area contributed by atoms with Crippen LogP contribution in [0.1, 0.15) is 23.1 Å². The zero-order chi connectivity index (χ0) is 15.4. The van der Waals surface area contributed by atoms with E-state index in [9.17, 15) is 9.59 Å². The van der Waals surface area contributed by atoms with Crippen molar-refractivity contribution in [1.29, 1.82) is 0 Å². The molecule has 0 unspecified atom stereocenters. The zero-order valence-corrected chi connectivity index (χ0v) is 12.4. The van der Waals surface area contributed by atoms with Gasteiger partial charge in [-0.25, -0.2) is 0 Å². The van der Waals surface area contributed by atoms with Gasteiger partial charge >= 0.3 is 0 Å². The molecule has 1 aromatic rings. The van der Waals surface area contributed by atoms with Crippen LogP contribution < -0.4 is 11.1 Å². The molecule has 0 atom stereocenters. The Balaban J connectivity index is 1.98. The Bertz CT molecular complexity index is 642. The molecular formula is C17H20N2O2. The predicted molar refractivity (Wildman–Crippen MR) is 82.6 cm³/mol. The molecule has 1 aliphatic carbocycles. The number of carbonyl (C=O) groups excluding carboxylic acids is 2. The molecule has 2 rings (SSSR count). The molecule has 4 nitrogen and oxygen atoms in total. The number of benzene rings is 1. The Hall–Kier alpha value is -2.36. The fraction of sp³-hybridized carbons (Fsp3) is 0.294. The van der Waals surface area contributed by atoms with Gasteiger partial charge in [0.15, 0.2) is 5.78 Å². The Kier molecular flexibility index (Phi) is 4.58. The molecule has 21 heavy (non-hydrogen) atoms. The van der Waals surface area contributed by atoms with Crippen LogP contribution >= 0.6 is 0 Å². The van der Waals surface area contributed by atoms with Crippen molar-refractivity contribution in [2.24, 2.45) is 5.73 Å². The number of nitrogens with two attached hydrogens (primary N) is 1. The second kappa shape index (κ2) is 6.39. The lowest BCUT2D eigenvalue weighted by Gasteiger charge is -2.15. The molecule has 3 N–H and O–H groups in total. The lowest BCUT2D eigenvalue weighted by atomic mass is 9.96. The van der Waals surface area contributed by atoms with Crippen LogP contribution in [0, 0.1) is 13.8 Å². The number of allylic oxidation sites excluding steroid dienone is 2. The van der Waals surface area contributed by atoms with Crippen molar-refractivity contribution < 1.29 is 9.59 Å². The van der Waals surface area contributed by atoms with Gasteiger partial charge in [0.05, 0.1) is 5.70 Å². The fourth-order valence-corrected chi connectivity index (χ4v) is 2.28. The highest BCUT2D eigenvalue weighted by molar-refractivity contribution is 6.17. The third kappa shape index (κ3) is 3.60. The SMILES string of the molecule is Cc1ccc(CCNC2=CC(=O)C/C(=C\N)C2=O)cc1C. The summed E-state index contributed by atoms with van der Waals surface area (Å²) < 4.78 is 0. The Morgan fingerprint density at radius 3 is 2.67 bits per heavy atom. The van der Waals surface area contributed by atoms with Crippen molar-refractivity contribution in [1.82, 2.24) is 5.32 Å².